The number of nitrogens with one attached hydrogen (secondary N) is 6. The van der Waals surface area contributed by atoms with E-state index in [1.54, 1.807) is 51.4 Å². The number of nitrogens with zero attached hydrogens (tertiary/aromatic N) is 14. The molecule has 0 saturated carbocycles. The van der Waals surface area contributed by atoms with E-state index < -0.39 is 16.3 Å². The summed E-state index contributed by atoms with van der Waals surface area (Å²) in [6.07, 6.45) is 19.3. The van der Waals surface area contributed by atoms with Crippen LogP contribution in [0, 0.1) is 0 Å². The molecular weight excluding hydrogens is 1250 g/mol. The van der Waals surface area contributed by atoms with Gasteiger partial charge in [-0.25, -0.2) is 9.97 Å². The van der Waals surface area contributed by atoms with Gasteiger partial charge in [-0.1, -0.05) is 0 Å². The van der Waals surface area contributed by atoms with E-state index in [1.807, 2.05) is 72.5 Å². The highest BCUT2D eigenvalue weighted by atomic mass is 79.9. The van der Waals surface area contributed by atoms with Gasteiger partial charge >= 0.3 is 0 Å². The Hall–Kier alpha value is -7.76. The first-order valence-corrected chi connectivity index (χ1v) is 32.8. The highest BCUT2D eigenvalue weighted by molar-refractivity contribution is 9.11. The monoisotopic (exact) mass is 1310 g/mol. The molecule has 10 aromatic rings. The fraction of sp³-hybridized carbons (Fsp3) is 0.276. The van der Waals surface area contributed by atoms with Gasteiger partial charge in [0, 0.05) is 213 Å². The van der Waals surface area contributed by atoms with Crippen molar-refractivity contribution in [3.05, 3.63) is 131 Å². The third kappa shape index (κ3) is 12.9. The van der Waals surface area contributed by atoms with Crippen molar-refractivity contribution in [1.29, 1.82) is 0 Å². The lowest BCUT2D eigenvalue weighted by Gasteiger charge is -2.31. The number of aromatic nitrogens is 12. The summed E-state index contributed by atoms with van der Waals surface area (Å²) in [6, 6.07) is 16.3. The normalized spacial score (nSPS) is 14.4. The fourth-order valence-electron chi connectivity index (χ4n) is 10.6. The second kappa shape index (κ2) is 25.8. The molecule has 23 nitrogen and oxygen atoms in total. The summed E-state index contributed by atoms with van der Waals surface area (Å²) in [7, 11) is 5.04. The molecule has 2 aliphatic rings. The Morgan fingerprint density at radius 3 is 1.35 bits per heavy atom. The van der Waals surface area contributed by atoms with Crippen molar-refractivity contribution in [2.75, 3.05) is 111 Å². The molecule has 2 unspecified atom stereocenters. The topological polar surface area (TPSA) is 245 Å². The Labute approximate surface area is 510 Å². The Morgan fingerprint density at radius 1 is 0.529 bits per heavy atom. The molecule has 8 heterocycles. The zero-order valence-corrected chi connectivity index (χ0v) is 52.6. The van der Waals surface area contributed by atoms with Gasteiger partial charge in [0.05, 0.1) is 69.0 Å². The Bertz CT molecular complexity index is 3790. The number of anilines is 10. The number of halogens is 2. The zero-order chi connectivity index (χ0) is 58.6. The van der Waals surface area contributed by atoms with Gasteiger partial charge in [-0.2, -0.15) is 20.2 Å². The minimum Gasteiger partial charge on any atom is -0.494 e. The van der Waals surface area contributed by atoms with E-state index in [4.69, 9.17) is 43.7 Å². The van der Waals surface area contributed by atoms with Crippen LogP contribution >= 0.6 is 48.2 Å². The van der Waals surface area contributed by atoms with Crippen molar-refractivity contribution in [2.24, 2.45) is 14.1 Å². The summed E-state index contributed by atoms with van der Waals surface area (Å²) in [6.45, 7) is 11.4. The van der Waals surface area contributed by atoms with Crippen LogP contribution in [0.15, 0.2) is 119 Å². The number of hydrogen-bond donors (Lipinski definition) is 6. The smallest absolute Gasteiger partial charge is 0.229 e. The molecule has 0 aliphatic carbocycles. The summed E-state index contributed by atoms with van der Waals surface area (Å²) in [4.78, 5) is 43.3. The van der Waals surface area contributed by atoms with Crippen LogP contribution < -0.4 is 51.2 Å². The Balaban J connectivity index is 0.785. The van der Waals surface area contributed by atoms with Crippen LogP contribution in [0.5, 0.6) is 11.5 Å². The minimum absolute atomic E-state index is 0.371. The lowest BCUT2D eigenvalue weighted by atomic mass is 10.0. The molecule has 0 spiro atoms. The number of fused-ring (bicyclic) bond motifs is 2. The van der Waals surface area contributed by atoms with Crippen LogP contribution in [0.2, 0.25) is 0 Å². The van der Waals surface area contributed by atoms with Crippen LogP contribution in [-0.4, -0.2) is 139 Å². The maximum Gasteiger partial charge on any atom is 0.229 e. The fourth-order valence-corrected chi connectivity index (χ4v) is 15.1. The molecule has 2 aliphatic heterocycles. The molecule has 0 amide bonds. The molecule has 0 radical (unpaired) electrons. The lowest BCUT2D eigenvalue weighted by Crippen LogP contribution is -2.43. The molecule has 12 rings (SSSR count). The standard InChI is InChI=1S/C58H62Br2N20O3P2/c1-77-31-35(27-69-77)37-23-47(51(81-3)25-49(37)79-19-15-61-16-20-79)73-57-67-29-41(59)55(75-57)71-43-7-9-45-53(65-13-11-63-45)39(43)33-84(5)83-85(6)34-40-44(8-10-46-54(40)66-14-12-64-46)72-56-42(60)30-68-58(76-56)74-48-24-38(36-28-70-78(2)32-36)50(26-52(48)82-4)80-21-17-62-18-22-80/h7-14,23-32,61-62H,15-22,33-34H2,1-6H3,(H2,67,71,73,75)(H2,68,72,74,76). The van der Waals surface area contributed by atoms with E-state index >= 15 is 0 Å². The molecule has 2 atom stereocenters. The first-order chi connectivity index (χ1) is 41.4. The van der Waals surface area contributed by atoms with E-state index in [-0.39, 0.29) is 0 Å². The van der Waals surface area contributed by atoms with Gasteiger partial charge < -0.3 is 55.5 Å². The SMILES string of the molecule is COc1cc(N2CCNCC2)c(-c2cnn(C)c2)cc1Nc1ncc(Br)c(Nc2ccc3nccnc3c2CP(C)OP(C)Cc2c(Nc3nc(Nc4cc(-c5cnn(C)c5)c(N5CCNCC5)cc4OC)ncc3Br)ccc3nccnc23)n1. The predicted octanol–water partition coefficient (Wildman–Crippen LogP) is 11.1. The van der Waals surface area contributed by atoms with E-state index in [0.717, 1.165) is 131 Å². The molecule has 6 aromatic heterocycles. The van der Waals surface area contributed by atoms with Crippen molar-refractivity contribution in [3.63, 3.8) is 0 Å². The summed E-state index contributed by atoms with van der Waals surface area (Å²) >= 11 is 7.48. The summed E-state index contributed by atoms with van der Waals surface area (Å²) in [5, 5.41) is 30.1. The average Bonchev–Trinajstić information content (AvgIpc) is 4.35. The number of benzene rings is 4. The molecule has 27 heteroatoms. The van der Waals surface area contributed by atoms with E-state index in [9.17, 15) is 0 Å². The van der Waals surface area contributed by atoms with Crippen molar-refractivity contribution >= 4 is 128 Å². The van der Waals surface area contributed by atoms with E-state index in [0.29, 0.717) is 67.7 Å². The largest absolute Gasteiger partial charge is 0.494 e. The maximum absolute atomic E-state index is 7.05. The number of ether oxygens (including phenoxy) is 2. The van der Waals surface area contributed by atoms with E-state index in [1.165, 1.54) is 0 Å². The molecule has 4 aromatic carbocycles. The summed E-state index contributed by atoms with van der Waals surface area (Å²) in [5.74, 6) is 3.16. The number of methoxy groups -OCH3 is 2. The molecule has 6 N–H and O–H groups in total. The van der Waals surface area contributed by atoms with Gasteiger partial charge in [-0.3, -0.25) is 29.3 Å². The quantitative estimate of drug-likeness (QED) is 0.0388. The van der Waals surface area contributed by atoms with Crippen molar-refractivity contribution in [1.82, 2.24) is 70.1 Å². The van der Waals surface area contributed by atoms with Crippen LogP contribution in [-0.2, 0) is 30.7 Å². The second-order valence-electron chi connectivity index (χ2n) is 20.4. The first kappa shape index (κ1) is 57.7. The number of aryl methyl sites for hydroxylation is 2. The van der Waals surface area contributed by atoms with E-state index in [2.05, 4.69) is 131 Å². The van der Waals surface area contributed by atoms with Crippen molar-refractivity contribution < 1.29 is 13.8 Å². The Kier molecular flexibility index (Phi) is 17.5. The van der Waals surface area contributed by atoms with Gasteiger partial charge in [0.2, 0.25) is 11.9 Å². The Morgan fingerprint density at radius 2 is 0.953 bits per heavy atom. The van der Waals surface area contributed by atoms with Crippen LogP contribution in [0.4, 0.5) is 57.7 Å². The zero-order valence-electron chi connectivity index (χ0n) is 47.6. The third-order valence-corrected chi connectivity index (χ3v) is 19.5. The number of hydrogen-bond acceptors (Lipinski definition) is 21. The average molecular weight is 1310 g/mol. The molecule has 436 valence electrons. The first-order valence-electron chi connectivity index (χ1n) is 27.5. The third-order valence-electron chi connectivity index (χ3n) is 14.6. The van der Waals surface area contributed by atoms with Gasteiger partial charge in [0.1, 0.15) is 23.1 Å². The maximum atomic E-state index is 7.05. The van der Waals surface area contributed by atoms with Gasteiger partial charge in [-0.05, 0) is 81.6 Å². The lowest BCUT2D eigenvalue weighted by molar-refractivity contribution is 0.416. The van der Waals surface area contributed by atoms with Crippen LogP contribution in [0.25, 0.3) is 44.3 Å². The predicted molar refractivity (Wildman–Crippen MR) is 346 cm³/mol. The molecule has 0 bridgehead atoms. The minimum atomic E-state index is -1.08. The highest BCUT2D eigenvalue weighted by Crippen LogP contribution is 2.55. The second-order valence-corrected chi connectivity index (χ2v) is 25.9. The molecule has 85 heavy (non-hydrogen) atoms. The number of piperazine rings is 2. The van der Waals surface area contributed by atoms with Gasteiger partial charge in [-0.15, -0.1) is 0 Å². The molecule has 2 fully saturated rings. The summed E-state index contributed by atoms with van der Waals surface area (Å²) in [5.41, 5.74) is 14.2. The van der Waals surface area contributed by atoms with Crippen molar-refractivity contribution in [2.45, 2.75) is 12.3 Å². The van der Waals surface area contributed by atoms with Crippen LogP contribution in [0.3, 0.4) is 0 Å². The highest BCUT2D eigenvalue weighted by Gasteiger charge is 2.25. The van der Waals surface area contributed by atoms with Gasteiger partial charge in [0.25, 0.3) is 0 Å². The molecule has 2 saturated heterocycles. The molecular formula is C58H62Br2N20O3P2. The van der Waals surface area contributed by atoms with Crippen molar-refractivity contribution in [3.8, 4) is 33.8 Å². The van der Waals surface area contributed by atoms with Crippen LogP contribution in [0.1, 0.15) is 11.1 Å². The van der Waals surface area contributed by atoms with Gasteiger partial charge in [0.15, 0.2) is 0 Å². The number of rotatable bonds is 20. The summed E-state index contributed by atoms with van der Waals surface area (Å²) < 4.78 is 24.0.